The first-order valence-electron chi connectivity index (χ1n) is 8.10. The van der Waals surface area contributed by atoms with E-state index < -0.39 is 47.2 Å². The lowest BCUT2D eigenvalue weighted by atomic mass is 9.84. The highest BCUT2D eigenvalue weighted by atomic mass is 19.4. The average molecular weight is 420 g/mol. The number of alkyl halides is 6. The van der Waals surface area contributed by atoms with Crippen molar-refractivity contribution < 1.29 is 31.4 Å². The predicted octanol–water partition coefficient (Wildman–Crippen LogP) is 3.06. The molecule has 13 heteroatoms. The first kappa shape index (κ1) is 20.8. The lowest BCUT2D eigenvalue weighted by molar-refractivity contribution is -0.143. The van der Waals surface area contributed by atoms with Crippen LogP contribution in [0, 0.1) is 0 Å². The highest BCUT2D eigenvalue weighted by molar-refractivity contribution is 5.37. The first-order chi connectivity index (χ1) is 13.4. The molecule has 0 amide bonds. The molecule has 0 aliphatic rings. The first-order valence-corrected chi connectivity index (χ1v) is 8.10. The smallest absolute Gasteiger partial charge is 0.381 e. The Bertz CT molecular complexity index is 921. The molecule has 0 radical (unpaired) electrons. The van der Waals surface area contributed by atoms with Crippen LogP contribution in [0.5, 0.6) is 0 Å². The van der Waals surface area contributed by atoms with Crippen LogP contribution in [-0.2, 0) is 24.5 Å². The van der Waals surface area contributed by atoms with Crippen molar-refractivity contribution in [2.45, 2.75) is 37.5 Å². The van der Waals surface area contributed by atoms with Crippen molar-refractivity contribution in [1.82, 2.24) is 29.5 Å². The second-order valence-electron chi connectivity index (χ2n) is 6.36. The number of nitrogens with zero attached hydrogens (tertiary/aromatic N) is 6. The Kier molecular flexibility index (Phi) is 5.11. The Morgan fingerprint density at radius 1 is 0.862 bits per heavy atom. The SMILES string of the molecule is CC(n1cncn1)C(O)(Cn1cncn1)c1cc(C(F)(F)F)cc(C(F)(F)F)c1. The molecule has 0 aliphatic carbocycles. The molecule has 2 unspecified atom stereocenters. The van der Waals surface area contributed by atoms with Gasteiger partial charge in [-0.25, -0.2) is 19.3 Å². The lowest BCUT2D eigenvalue weighted by Gasteiger charge is -2.35. The molecule has 0 aliphatic heterocycles. The Hall–Kier alpha value is -2.96. The summed E-state index contributed by atoms with van der Waals surface area (Å²) in [6.07, 6.45) is -5.50. The molecule has 0 saturated carbocycles. The highest BCUT2D eigenvalue weighted by Gasteiger charge is 2.43. The predicted molar refractivity (Wildman–Crippen MR) is 85.1 cm³/mol. The molecule has 3 rings (SSSR count). The Labute approximate surface area is 159 Å². The van der Waals surface area contributed by atoms with E-state index in [0.29, 0.717) is 12.1 Å². The maximum atomic E-state index is 13.3. The van der Waals surface area contributed by atoms with Gasteiger partial charge in [0.1, 0.15) is 30.9 Å². The van der Waals surface area contributed by atoms with Crippen LogP contribution in [0.2, 0.25) is 0 Å². The van der Waals surface area contributed by atoms with Crippen LogP contribution in [-0.4, -0.2) is 34.6 Å². The molecule has 3 aromatic rings. The van der Waals surface area contributed by atoms with E-state index >= 15 is 0 Å². The molecule has 156 valence electrons. The van der Waals surface area contributed by atoms with Crippen LogP contribution in [0.4, 0.5) is 26.3 Å². The zero-order valence-electron chi connectivity index (χ0n) is 14.7. The van der Waals surface area contributed by atoms with E-state index in [4.69, 9.17) is 0 Å². The lowest BCUT2D eigenvalue weighted by Crippen LogP contribution is -2.40. The summed E-state index contributed by atoms with van der Waals surface area (Å²) >= 11 is 0. The molecule has 1 aromatic carbocycles. The summed E-state index contributed by atoms with van der Waals surface area (Å²) in [7, 11) is 0. The molecule has 2 aromatic heterocycles. The maximum Gasteiger partial charge on any atom is 0.416 e. The molecule has 0 spiro atoms. The Balaban J connectivity index is 2.21. The van der Waals surface area contributed by atoms with E-state index in [9.17, 15) is 31.4 Å². The second-order valence-corrected chi connectivity index (χ2v) is 6.36. The number of aliphatic hydroxyl groups is 1. The van der Waals surface area contributed by atoms with Crippen molar-refractivity contribution in [2.24, 2.45) is 0 Å². The minimum Gasteiger partial charge on any atom is -0.381 e. The van der Waals surface area contributed by atoms with Gasteiger partial charge in [-0.2, -0.15) is 36.5 Å². The van der Waals surface area contributed by atoms with Gasteiger partial charge >= 0.3 is 12.4 Å². The topological polar surface area (TPSA) is 81.6 Å². The minimum absolute atomic E-state index is 0.000478. The molecule has 0 fully saturated rings. The number of halogens is 6. The Morgan fingerprint density at radius 2 is 1.38 bits per heavy atom. The highest BCUT2D eigenvalue weighted by Crippen LogP contribution is 2.41. The van der Waals surface area contributed by atoms with Crippen molar-refractivity contribution >= 4 is 0 Å². The van der Waals surface area contributed by atoms with E-state index in [-0.39, 0.29) is 6.07 Å². The summed E-state index contributed by atoms with van der Waals surface area (Å²) in [5.41, 5.74) is -5.93. The van der Waals surface area contributed by atoms with Crippen molar-refractivity contribution in [1.29, 1.82) is 0 Å². The normalized spacial score (nSPS) is 15.9. The van der Waals surface area contributed by atoms with Crippen LogP contribution in [0.3, 0.4) is 0 Å². The van der Waals surface area contributed by atoms with Crippen LogP contribution in [0.15, 0.2) is 43.5 Å². The quantitative estimate of drug-likeness (QED) is 0.642. The van der Waals surface area contributed by atoms with Crippen LogP contribution >= 0.6 is 0 Å². The van der Waals surface area contributed by atoms with Crippen LogP contribution in [0.25, 0.3) is 0 Å². The number of hydrogen-bond donors (Lipinski definition) is 1. The van der Waals surface area contributed by atoms with Gasteiger partial charge in [-0.3, -0.25) is 0 Å². The zero-order chi connectivity index (χ0) is 21.4. The molecule has 0 saturated heterocycles. The van der Waals surface area contributed by atoms with Gasteiger partial charge in [0, 0.05) is 0 Å². The van der Waals surface area contributed by atoms with Gasteiger partial charge in [0.15, 0.2) is 0 Å². The van der Waals surface area contributed by atoms with Gasteiger partial charge in [0.25, 0.3) is 0 Å². The average Bonchev–Trinajstić information content (AvgIpc) is 3.33. The minimum atomic E-state index is -5.05. The zero-order valence-corrected chi connectivity index (χ0v) is 14.7. The number of aromatic nitrogens is 6. The number of rotatable bonds is 5. The van der Waals surface area contributed by atoms with Gasteiger partial charge in [0.2, 0.25) is 0 Å². The molecular formula is C16H14F6N6O. The van der Waals surface area contributed by atoms with Crippen molar-refractivity contribution in [2.75, 3.05) is 0 Å². The van der Waals surface area contributed by atoms with Crippen molar-refractivity contribution in [3.63, 3.8) is 0 Å². The van der Waals surface area contributed by atoms with Gasteiger partial charge < -0.3 is 5.11 Å². The summed E-state index contributed by atoms with van der Waals surface area (Å²) in [5, 5.41) is 19.0. The summed E-state index contributed by atoms with van der Waals surface area (Å²) in [5.74, 6) is 0. The van der Waals surface area contributed by atoms with Crippen molar-refractivity contribution in [3.05, 3.63) is 60.2 Å². The fourth-order valence-electron chi connectivity index (χ4n) is 2.87. The van der Waals surface area contributed by atoms with E-state index in [0.717, 1.165) is 22.0 Å². The van der Waals surface area contributed by atoms with Gasteiger partial charge in [0.05, 0.1) is 23.7 Å². The van der Waals surface area contributed by atoms with Gasteiger partial charge in [-0.1, -0.05) is 0 Å². The molecule has 2 heterocycles. The second kappa shape index (κ2) is 7.13. The third-order valence-electron chi connectivity index (χ3n) is 4.48. The van der Waals surface area contributed by atoms with Crippen LogP contribution in [0.1, 0.15) is 29.7 Å². The van der Waals surface area contributed by atoms with E-state index in [1.807, 2.05) is 0 Å². The molecule has 7 nitrogen and oxygen atoms in total. The molecule has 2 atom stereocenters. The third-order valence-corrected chi connectivity index (χ3v) is 4.48. The summed E-state index contributed by atoms with van der Waals surface area (Å²) < 4.78 is 81.9. The monoisotopic (exact) mass is 420 g/mol. The fraction of sp³-hybridized carbons (Fsp3) is 0.375. The molecule has 29 heavy (non-hydrogen) atoms. The third kappa shape index (κ3) is 4.23. The standard InChI is InChI=1S/C16H14F6N6O/c1-10(28-9-24-7-26-28)14(29,5-27-8-23-6-25-27)11-2-12(15(17,18)19)4-13(3-11)16(20,21)22/h2-4,6-10,29H,5H2,1H3. The summed E-state index contributed by atoms with van der Waals surface area (Å²) in [6.45, 7) is 0.908. The summed E-state index contributed by atoms with van der Waals surface area (Å²) in [6, 6.07) is -0.127. The molecule has 1 N–H and O–H groups in total. The van der Waals surface area contributed by atoms with E-state index in [1.165, 1.54) is 19.6 Å². The van der Waals surface area contributed by atoms with E-state index in [1.54, 1.807) is 0 Å². The van der Waals surface area contributed by atoms with Gasteiger partial charge in [-0.05, 0) is 30.7 Å². The number of benzene rings is 1. The van der Waals surface area contributed by atoms with Crippen molar-refractivity contribution in [3.8, 4) is 0 Å². The van der Waals surface area contributed by atoms with E-state index in [2.05, 4.69) is 20.2 Å². The molecule has 0 bridgehead atoms. The van der Waals surface area contributed by atoms with Gasteiger partial charge in [-0.15, -0.1) is 0 Å². The molecular weight excluding hydrogens is 406 g/mol. The maximum absolute atomic E-state index is 13.3. The largest absolute Gasteiger partial charge is 0.416 e. The Morgan fingerprint density at radius 3 is 1.83 bits per heavy atom. The fourth-order valence-corrected chi connectivity index (χ4v) is 2.87. The van der Waals surface area contributed by atoms with Crippen LogP contribution < -0.4 is 0 Å². The summed E-state index contributed by atoms with van der Waals surface area (Å²) in [4.78, 5) is 7.39. The number of hydrogen-bond acceptors (Lipinski definition) is 5.